The zero-order chi connectivity index (χ0) is 17.9. The second-order valence-electron chi connectivity index (χ2n) is 7.01. The quantitative estimate of drug-likeness (QED) is 0.773. The zero-order valence-electron chi connectivity index (χ0n) is 15.2. The molecule has 0 N–H and O–H groups in total. The summed E-state index contributed by atoms with van der Waals surface area (Å²) >= 11 is 1.51. The molecule has 0 aliphatic carbocycles. The second kappa shape index (κ2) is 7.70. The minimum atomic E-state index is 0.225. The number of amides is 1. The van der Waals surface area contributed by atoms with E-state index in [4.69, 9.17) is 0 Å². The number of benzene rings is 1. The van der Waals surface area contributed by atoms with Crippen LogP contribution in [0.25, 0.3) is 0 Å². The minimum Gasteiger partial charge on any atom is -0.342 e. The van der Waals surface area contributed by atoms with Crippen molar-refractivity contribution in [1.82, 2.24) is 19.7 Å². The number of aromatic nitrogens is 3. The lowest BCUT2D eigenvalue weighted by molar-refractivity contribution is -0.128. The van der Waals surface area contributed by atoms with Gasteiger partial charge in [0.05, 0.1) is 5.75 Å². The van der Waals surface area contributed by atoms with Crippen molar-refractivity contribution >= 4 is 29.3 Å². The molecular formula is C19H25N5OS. The Kier molecular flexibility index (Phi) is 5.15. The molecular weight excluding hydrogens is 346 g/mol. The van der Waals surface area contributed by atoms with E-state index in [0.29, 0.717) is 5.75 Å². The molecule has 138 valence electrons. The molecule has 0 bridgehead atoms. The van der Waals surface area contributed by atoms with Gasteiger partial charge in [-0.1, -0.05) is 42.3 Å². The van der Waals surface area contributed by atoms with E-state index < -0.39 is 0 Å². The predicted octanol–water partition coefficient (Wildman–Crippen LogP) is 3.23. The molecule has 7 heteroatoms. The standard InChI is InChI=1S/C19H25N5OS/c1-15-6-8-16(9-7-15)23-12-13-24-18(23)20-21-19(24)26-14-17(25)22-10-4-2-3-5-11-22/h6-9H,2-5,10-14H2,1H3. The summed E-state index contributed by atoms with van der Waals surface area (Å²) in [6, 6.07) is 8.47. The number of nitrogens with zero attached hydrogens (tertiary/aromatic N) is 5. The highest BCUT2D eigenvalue weighted by molar-refractivity contribution is 7.99. The van der Waals surface area contributed by atoms with Crippen molar-refractivity contribution < 1.29 is 4.79 Å². The molecule has 2 aliphatic heterocycles. The van der Waals surface area contributed by atoms with Crippen LogP contribution in [-0.4, -0.2) is 51.0 Å². The van der Waals surface area contributed by atoms with Gasteiger partial charge < -0.3 is 9.80 Å². The molecule has 4 rings (SSSR count). The third-order valence-corrected chi connectivity index (χ3v) is 6.07. The Balaban J connectivity index is 1.41. The number of carbonyl (C=O) groups excluding carboxylic acids is 1. The average molecular weight is 372 g/mol. The summed E-state index contributed by atoms with van der Waals surface area (Å²) in [7, 11) is 0. The van der Waals surface area contributed by atoms with Gasteiger partial charge in [-0.2, -0.15) is 0 Å². The van der Waals surface area contributed by atoms with Gasteiger partial charge in [-0.15, -0.1) is 10.2 Å². The fraction of sp³-hybridized carbons (Fsp3) is 0.526. The smallest absolute Gasteiger partial charge is 0.233 e. The van der Waals surface area contributed by atoms with Crippen LogP contribution in [0.15, 0.2) is 29.4 Å². The summed E-state index contributed by atoms with van der Waals surface area (Å²) < 4.78 is 2.13. The van der Waals surface area contributed by atoms with Crippen LogP contribution >= 0.6 is 11.8 Å². The first-order chi connectivity index (χ1) is 12.7. The number of thioether (sulfide) groups is 1. The zero-order valence-corrected chi connectivity index (χ0v) is 16.0. The molecule has 26 heavy (non-hydrogen) atoms. The van der Waals surface area contributed by atoms with Gasteiger partial charge in [-0.3, -0.25) is 9.36 Å². The fourth-order valence-corrected chi connectivity index (χ4v) is 4.45. The molecule has 0 spiro atoms. The molecule has 0 unspecified atom stereocenters. The van der Waals surface area contributed by atoms with Gasteiger partial charge in [0.15, 0.2) is 5.16 Å². The first-order valence-corrected chi connectivity index (χ1v) is 10.4. The number of hydrogen-bond acceptors (Lipinski definition) is 5. The Labute approximate surface area is 158 Å². The van der Waals surface area contributed by atoms with Crippen molar-refractivity contribution in [1.29, 1.82) is 0 Å². The molecule has 2 aliphatic rings. The monoisotopic (exact) mass is 371 g/mol. The SMILES string of the molecule is Cc1ccc(N2CCn3c(SCC(=O)N4CCCCCC4)nnc32)cc1. The van der Waals surface area contributed by atoms with E-state index in [1.165, 1.54) is 30.2 Å². The topological polar surface area (TPSA) is 54.3 Å². The summed E-state index contributed by atoms with van der Waals surface area (Å²) in [4.78, 5) is 16.7. The fourth-order valence-electron chi connectivity index (χ4n) is 3.59. The van der Waals surface area contributed by atoms with Gasteiger partial charge in [0.25, 0.3) is 0 Å². The number of anilines is 2. The van der Waals surface area contributed by atoms with Crippen molar-refractivity contribution in [2.24, 2.45) is 0 Å². The number of hydrogen-bond donors (Lipinski definition) is 0. The van der Waals surface area contributed by atoms with E-state index in [-0.39, 0.29) is 5.91 Å². The van der Waals surface area contributed by atoms with Crippen molar-refractivity contribution in [3.8, 4) is 0 Å². The number of fused-ring (bicyclic) bond motifs is 1. The van der Waals surface area contributed by atoms with E-state index in [1.54, 1.807) is 0 Å². The predicted molar refractivity (Wildman–Crippen MR) is 104 cm³/mol. The summed E-state index contributed by atoms with van der Waals surface area (Å²) in [5, 5.41) is 9.55. The van der Waals surface area contributed by atoms with Crippen LogP contribution in [0.3, 0.4) is 0 Å². The lowest BCUT2D eigenvalue weighted by atomic mass is 10.2. The number of carbonyl (C=O) groups is 1. The lowest BCUT2D eigenvalue weighted by Crippen LogP contribution is -2.33. The first-order valence-electron chi connectivity index (χ1n) is 9.40. The molecule has 1 aromatic heterocycles. The van der Waals surface area contributed by atoms with Crippen LogP contribution in [0.4, 0.5) is 11.6 Å². The van der Waals surface area contributed by atoms with E-state index >= 15 is 0 Å². The Hall–Kier alpha value is -2.02. The van der Waals surface area contributed by atoms with Crippen molar-refractivity contribution in [3.05, 3.63) is 29.8 Å². The maximum atomic E-state index is 12.5. The molecule has 2 aromatic rings. The molecule has 1 amide bonds. The lowest BCUT2D eigenvalue weighted by Gasteiger charge is -2.19. The van der Waals surface area contributed by atoms with E-state index in [2.05, 4.69) is 50.9 Å². The van der Waals surface area contributed by atoms with Gasteiger partial charge in [0.1, 0.15) is 0 Å². The Bertz CT molecular complexity index is 765. The number of aryl methyl sites for hydroxylation is 1. The molecule has 0 saturated carbocycles. The van der Waals surface area contributed by atoms with Gasteiger partial charge in [0, 0.05) is 31.9 Å². The van der Waals surface area contributed by atoms with E-state index in [0.717, 1.165) is 55.8 Å². The van der Waals surface area contributed by atoms with Crippen molar-refractivity contribution in [3.63, 3.8) is 0 Å². The molecule has 1 saturated heterocycles. The van der Waals surface area contributed by atoms with Crippen LogP contribution in [-0.2, 0) is 11.3 Å². The van der Waals surface area contributed by atoms with Gasteiger partial charge in [-0.25, -0.2) is 0 Å². The van der Waals surface area contributed by atoms with Gasteiger partial charge >= 0.3 is 0 Å². The maximum Gasteiger partial charge on any atom is 0.233 e. The minimum absolute atomic E-state index is 0.225. The normalized spacial score (nSPS) is 17.3. The number of rotatable bonds is 4. The van der Waals surface area contributed by atoms with Crippen molar-refractivity contribution in [2.75, 3.05) is 30.3 Å². The highest BCUT2D eigenvalue weighted by Gasteiger charge is 2.26. The third kappa shape index (κ3) is 3.58. The van der Waals surface area contributed by atoms with Crippen LogP contribution in [0.1, 0.15) is 31.2 Å². The third-order valence-electron chi connectivity index (χ3n) is 5.12. The average Bonchev–Trinajstić information content (AvgIpc) is 3.12. The summed E-state index contributed by atoms with van der Waals surface area (Å²) in [6.07, 6.45) is 4.73. The maximum absolute atomic E-state index is 12.5. The molecule has 6 nitrogen and oxygen atoms in total. The molecule has 3 heterocycles. The van der Waals surface area contributed by atoms with E-state index in [9.17, 15) is 4.79 Å². The molecule has 0 radical (unpaired) electrons. The Morgan fingerprint density at radius 2 is 1.73 bits per heavy atom. The summed E-state index contributed by atoms with van der Waals surface area (Å²) in [5.41, 5.74) is 2.39. The molecule has 1 aromatic carbocycles. The van der Waals surface area contributed by atoms with Crippen LogP contribution in [0, 0.1) is 6.92 Å². The number of likely N-dealkylation sites (tertiary alicyclic amines) is 1. The van der Waals surface area contributed by atoms with Crippen molar-refractivity contribution in [2.45, 2.75) is 44.3 Å². The van der Waals surface area contributed by atoms with E-state index in [1.807, 2.05) is 4.90 Å². The largest absolute Gasteiger partial charge is 0.342 e. The highest BCUT2D eigenvalue weighted by Crippen LogP contribution is 2.32. The summed E-state index contributed by atoms with van der Waals surface area (Å²) in [6.45, 7) is 5.64. The molecule has 0 atom stereocenters. The molecule has 1 fully saturated rings. The van der Waals surface area contributed by atoms with Gasteiger partial charge in [0.2, 0.25) is 11.9 Å². The van der Waals surface area contributed by atoms with Crippen LogP contribution in [0.2, 0.25) is 0 Å². The summed E-state index contributed by atoms with van der Waals surface area (Å²) in [5.74, 6) is 1.55. The van der Waals surface area contributed by atoms with Gasteiger partial charge in [-0.05, 0) is 31.9 Å². The van der Waals surface area contributed by atoms with Crippen LogP contribution < -0.4 is 4.90 Å². The Morgan fingerprint density at radius 3 is 2.46 bits per heavy atom. The first kappa shape index (κ1) is 17.4. The second-order valence-corrected chi connectivity index (χ2v) is 7.95. The highest BCUT2D eigenvalue weighted by atomic mass is 32.2. The Morgan fingerprint density at radius 1 is 1.00 bits per heavy atom. The van der Waals surface area contributed by atoms with Crippen LogP contribution in [0.5, 0.6) is 0 Å².